The minimum atomic E-state index is -0.598. The number of carbonyl (C=O) groups excluding carboxylic acids is 1. The number of nitrogens with zero attached hydrogens (tertiary/aromatic N) is 5. The molecular formula is C28H26ClFN6O3. The third-order valence-electron chi connectivity index (χ3n) is 6.24. The maximum atomic E-state index is 14.4. The van der Waals surface area contributed by atoms with Crippen molar-refractivity contribution in [2.75, 3.05) is 0 Å². The standard InChI is InChI=1S/C28H26ClFN6O3/c1-14-9-25(36-17(4)33-16(3)35-36)20-7-6-8-26(27(20)31-14)39-12-22-21(10-19(30)11-23(22)29)15(2)32-28(37)24-13-38-18(5)34-24/h6-11,13,15H,12H2,1-5H3,(H,32,37)/t15-/m0/s1. The van der Waals surface area contributed by atoms with Gasteiger partial charge in [0.05, 0.1) is 16.8 Å². The summed E-state index contributed by atoms with van der Waals surface area (Å²) in [6.07, 6.45) is 1.27. The molecule has 9 nitrogen and oxygen atoms in total. The van der Waals surface area contributed by atoms with Gasteiger partial charge in [-0.1, -0.05) is 23.7 Å². The summed E-state index contributed by atoms with van der Waals surface area (Å²) < 4.78 is 27.5. The number of para-hydroxylation sites is 1. The van der Waals surface area contributed by atoms with E-state index in [2.05, 4.69) is 20.4 Å². The summed E-state index contributed by atoms with van der Waals surface area (Å²) in [5.41, 5.74) is 3.40. The summed E-state index contributed by atoms with van der Waals surface area (Å²) in [6.45, 7) is 9.02. The smallest absolute Gasteiger partial charge is 0.273 e. The van der Waals surface area contributed by atoms with Gasteiger partial charge in [-0.05, 0) is 57.5 Å². The van der Waals surface area contributed by atoms with Gasteiger partial charge in [-0.2, -0.15) is 5.10 Å². The number of hydrogen-bond donors (Lipinski definition) is 1. The van der Waals surface area contributed by atoms with Crippen LogP contribution in [0.1, 0.15) is 57.8 Å². The van der Waals surface area contributed by atoms with Crippen LogP contribution in [0.4, 0.5) is 4.39 Å². The summed E-state index contributed by atoms with van der Waals surface area (Å²) in [6, 6.07) is 9.53. The van der Waals surface area contributed by atoms with Crippen LogP contribution in [0.15, 0.2) is 47.1 Å². The molecule has 1 amide bonds. The molecule has 0 spiro atoms. The number of carbonyl (C=O) groups is 1. The monoisotopic (exact) mass is 548 g/mol. The van der Waals surface area contributed by atoms with Gasteiger partial charge >= 0.3 is 0 Å². The number of amides is 1. The zero-order chi connectivity index (χ0) is 27.8. The van der Waals surface area contributed by atoms with Gasteiger partial charge in [0.15, 0.2) is 11.6 Å². The fourth-order valence-electron chi connectivity index (χ4n) is 4.50. The van der Waals surface area contributed by atoms with Crippen LogP contribution in [0.2, 0.25) is 5.02 Å². The Bertz CT molecular complexity index is 1710. The minimum Gasteiger partial charge on any atom is -0.487 e. The highest BCUT2D eigenvalue weighted by Crippen LogP contribution is 2.32. The second-order valence-corrected chi connectivity index (χ2v) is 9.65. The Labute approximate surface area is 229 Å². The maximum absolute atomic E-state index is 14.4. The zero-order valence-corrected chi connectivity index (χ0v) is 22.8. The quantitative estimate of drug-likeness (QED) is 0.270. The molecule has 0 saturated heterocycles. The molecule has 0 unspecified atom stereocenters. The number of hydrogen-bond acceptors (Lipinski definition) is 7. The average molecular weight is 549 g/mol. The Kier molecular flexibility index (Phi) is 7.05. The van der Waals surface area contributed by atoms with Crippen molar-refractivity contribution in [1.29, 1.82) is 0 Å². The Morgan fingerprint density at radius 1 is 1.15 bits per heavy atom. The van der Waals surface area contributed by atoms with E-state index >= 15 is 0 Å². The molecule has 11 heteroatoms. The molecule has 0 aliphatic rings. The van der Waals surface area contributed by atoms with E-state index in [0.29, 0.717) is 34.1 Å². The van der Waals surface area contributed by atoms with E-state index in [4.69, 9.17) is 25.7 Å². The van der Waals surface area contributed by atoms with Crippen molar-refractivity contribution in [3.8, 4) is 11.4 Å². The number of aromatic nitrogens is 5. The third kappa shape index (κ3) is 5.33. The summed E-state index contributed by atoms with van der Waals surface area (Å²) >= 11 is 6.48. The largest absolute Gasteiger partial charge is 0.487 e. The van der Waals surface area contributed by atoms with E-state index in [9.17, 15) is 9.18 Å². The van der Waals surface area contributed by atoms with Crippen LogP contribution in [0.3, 0.4) is 0 Å². The van der Waals surface area contributed by atoms with Crippen molar-refractivity contribution in [2.45, 2.75) is 47.3 Å². The van der Waals surface area contributed by atoms with E-state index in [1.54, 1.807) is 18.5 Å². The number of pyridine rings is 1. The number of benzene rings is 2. The first-order valence-corrected chi connectivity index (χ1v) is 12.6. The summed E-state index contributed by atoms with van der Waals surface area (Å²) in [7, 11) is 0. The van der Waals surface area contributed by atoms with Crippen molar-refractivity contribution in [3.05, 3.63) is 93.6 Å². The Morgan fingerprint density at radius 2 is 1.95 bits per heavy atom. The molecular weight excluding hydrogens is 523 g/mol. The molecule has 1 atom stereocenters. The van der Waals surface area contributed by atoms with Crippen molar-refractivity contribution < 1.29 is 18.3 Å². The lowest BCUT2D eigenvalue weighted by atomic mass is 10.0. The second kappa shape index (κ2) is 10.5. The lowest BCUT2D eigenvalue weighted by Gasteiger charge is -2.20. The molecule has 2 aromatic carbocycles. The van der Waals surface area contributed by atoms with Gasteiger partial charge in [-0.15, -0.1) is 0 Å². The molecule has 5 aromatic rings. The number of nitrogens with one attached hydrogen (secondary N) is 1. The van der Waals surface area contributed by atoms with Crippen molar-refractivity contribution in [3.63, 3.8) is 0 Å². The van der Waals surface area contributed by atoms with Gasteiger partial charge in [0, 0.05) is 23.6 Å². The van der Waals surface area contributed by atoms with Gasteiger partial charge in [0.2, 0.25) is 0 Å². The van der Waals surface area contributed by atoms with Crippen molar-refractivity contribution in [1.82, 2.24) is 30.0 Å². The number of ether oxygens (including phenoxy) is 1. The molecule has 0 fully saturated rings. The number of aryl methyl sites for hydroxylation is 4. The van der Waals surface area contributed by atoms with Crippen molar-refractivity contribution >= 4 is 28.4 Å². The molecule has 3 heterocycles. The van der Waals surface area contributed by atoms with Crippen LogP contribution in [-0.2, 0) is 6.61 Å². The van der Waals surface area contributed by atoms with Crippen LogP contribution >= 0.6 is 11.6 Å². The Hall–Kier alpha value is -4.31. The first-order chi connectivity index (χ1) is 18.6. The van der Waals surface area contributed by atoms with E-state index < -0.39 is 17.8 Å². The van der Waals surface area contributed by atoms with Crippen LogP contribution < -0.4 is 10.1 Å². The SMILES string of the molecule is Cc1cc(-n2nc(C)nc2C)c2cccc(OCc3c(Cl)cc(F)cc3[C@H](C)NC(=O)c3coc(C)n3)c2n1. The molecule has 200 valence electrons. The van der Waals surface area contributed by atoms with E-state index in [0.717, 1.165) is 22.6 Å². The van der Waals surface area contributed by atoms with E-state index in [1.165, 1.54) is 18.4 Å². The Morgan fingerprint density at radius 3 is 2.64 bits per heavy atom. The fraction of sp³-hybridized carbons (Fsp3) is 0.250. The molecule has 3 aromatic heterocycles. The topological polar surface area (TPSA) is 108 Å². The highest BCUT2D eigenvalue weighted by atomic mass is 35.5. The normalized spacial score (nSPS) is 12.1. The van der Waals surface area contributed by atoms with Crippen LogP contribution in [0.5, 0.6) is 5.75 Å². The highest BCUT2D eigenvalue weighted by Gasteiger charge is 2.21. The molecule has 0 aliphatic heterocycles. The molecule has 0 aliphatic carbocycles. The first-order valence-electron chi connectivity index (χ1n) is 12.3. The minimum absolute atomic E-state index is 0.0171. The summed E-state index contributed by atoms with van der Waals surface area (Å²) in [5, 5.41) is 8.37. The van der Waals surface area contributed by atoms with Crippen LogP contribution in [0.25, 0.3) is 16.6 Å². The highest BCUT2D eigenvalue weighted by molar-refractivity contribution is 6.31. The number of fused-ring (bicyclic) bond motifs is 1. The summed E-state index contributed by atoms with van der Waals surface area (Å²) in [5.74, 6) is 1.33. The third-order valence-corrected chi connectivity index (χ3v) is 6.58. The lowest BCUT2D eigenvalue weighted by Crippen LogP contribution is -2.28. The van der Waals surface area contributed by atoms with Crippen LogP contribution in [0, 0.1) is 33.5 Å². The van der Waals surface area contributed by atoms with Gasteiger partial charge < -0.3 is 14.5 Å². The summed E-state index contributed by atoms with van der Waals surface area (Å²) in [4.78, 5) is 25.8. The maximum Gasteiger partial charge on any atom is 0.273 e. The molecule has 1 N–H and O–H groups in total. The number of halogens is 2. The average Bonchev–Trinajstić information content (AvgIpc) is 3.46. The van der Waals surface area contributed by atoms with Crippen LogP contribution in [-0.4, -0.2) is 30.6 Å². The molecule has 39 heavy (non-hydrogen) atoms. The lowest BCUT2D eigenvalue weighted by molar-refractivity contribution is 0.0934. The molecule has 0 bridgehead atoms. The van der Waals surface area contributed by atoms with Gasteiger partial charge in [-0.3, -0.25) is 4.79 Å². The predicted molar refractivity (Wildman–Crippen MR) is 144 cm³/mol. The number of rotatable bonds is 7. The molecule has 5 rings (SSSR count). The fourth-order valence-corrected chi connectivity index (χ4v) is 4.77. The van der Waals surface area contributed by atoms with E-state index in [-0.39, 0.29) is 17.3 Å². The van der Waals surface area contributed by atoms with Gasteiger partial charge in [0.1, 0.15) is 41.6 Å². The molecule has 0 saturated carbocycles. The predicted octanol–water partition coefficient (Wildman–Crippen LogP) is 5.90. The first kappa shape index (κ1) is 26.3. The van der Waals surface area contributed by atoms with Gasteiger partial charge in [-0.25, -0.2) is 24.0 Å². The van der Waals surface area contributed by atoms with Crippen molar-refractivity contribution in [2.24, 2.45) is 0 Å². The Balaban J connectivity index is 1.47. The zero-order valence-electron chi connectivity index (χ0n) is 22.0. The second-order valence-electron chi connectivity index (χ2n) is 9.24. The number of oxazole rings is 1. The van der Waals surface area contributed by atoms with Gasteiger partial charge in [0.25, 0.3) is 5.91 Å². The van der Waals surface area contributed by atoms with E-state index in [1.807, 2.05) is 45.0 Å². The molecule has 0 radical (unpaired) electrons.